The first-order valence-electron chi connectivity index (χ1n) is 8.84. The zero-order chi connectivity index (χ0) is 20.1. The van der Waals surface area contributed by atoms with Crippen molar-refractivity contribution in [1.29, 1.82) is 10.5 Å². The molecule has 1 heterocycles. The Morgan fingerprint density at radius 1 is 0.828 bits per heavy atom. The van der Waals surface area contributed by atoms with Crippen LogP contribution in [0, 0.1) is 28.5 Å². The van der Waals surface area contributed by atoms with Gasteiger partial charge in [0.2, 0.25) is 0 Å². The number of ketones is 1. The molecule has 0 amide bonds. The van der Waals surface area contributed by atoms with E-state index in [9.17, 15) is 19.7 Å². The third kappa shape index (κ3) is 2.22. The van der Waals surface area contributed by atoms with Crippen molar-refractivity contribution in [1.82, 2.24) is 4.98 Å². The summed E-state index contributed by atoms with van der Waals surface area (Å²) in [4.78, 5) is 17.9. The van der Waals surface area contributed by atoms with E-state index in [0.717, 1.165) is 22.4 Å². The molecular formula is C24H10FN3O. The lowest BCUT2D eigenvalue weighted by atomic mass is 9.91. The lowest BCUT2D eigenvalue weighted by molar-refractivity contribution is 0.104. The second-order valence-electron chi connectivity index (χ2n) is 6.69. The van der Waals surface area contributed by atoms with E-state index in [-0.39, 0.29) is 33.6 Å². The maximum absolute atomic E-state index is 14.0. The number of hydrogen-bond acceptors (Lipinski definition) is 4. The molecule has 0 fully saturated rings. The number of nitrogens with zero attached hydrogens (tertiary/aromatic N) is 3. The number of Topliss-reactive ketones (excluding diaryl/α,β-unsaturated/α-hetero) is 1. The minimum Gasteiger partial charge on any atom is -0.289 e. The summed E-state index contributed by atoms with van der Waals surface area (Å²) >= 11 is 0. The number of carbonyl (C=O) groups excluding carboxylic acids is 1. The monoisotopic (exact) mass is 375 g/mol. The largest absolute Gasteiger partial charge is 0.289 e. The van der Waals surface area contributed by atoms with Gasteiger partial charge in [-0.25, -0.2) is 4.39 Å². The van der Waals surface area contributed by atoms with Gasteiger partial charge in [0.05, 0.1) is 5.69 Å². The smallest absolute Gasteiger partial charge is 0.194 e. The quantitative estimate of drug-likeness (QED) is 0.330. The van der Waals surface area contributed by atoms with Gasteiger partial charge in [0.1, 0.15) is 23.5 Å². The van der Waals surface area contributed by atoms with Crippen LogP contribution in [0.15, 0.2) is 71.9 Å². The summed E-state index contributed by atoms with van der Waals surface area (Å²) in [6, 6.07) is 18.7. The van der Waals surface area contributed by atoms with Crippen LogP contribution in [-0.2, 0) is 0 Å². The van der Waals surface area contributed by atoms with Crippen molar-refractivity contribution in [3.63, 3.8) is 0 Å². The molecule has 0 spiro atoms. The zero-order valence-electron chi connectivity index (χ0n) is 14.9. The van der Waals surface area contributed by atoms with Crippen LogP contribution in [0.4, 0.5) is 4.39 Å². The van der Waals surface area contributed by atoms with Gasteiger partial charge in [-0.3, -0.25) is 9.78 Å². The summed E-state index contributed by atoms with van der Waals surface area (Å²) in [5, 5.41) is 19.1. The molecule has 4 nitrogen and oxygen atoms in total. The molecular weight excluding hydrogens is 365 g/mol. The topological polar surface area (TPSA) is 77.5 Å². The van der Waals surface area contributed by atoms with Crippen molar-refractivity contribution >= 4 is 16.9 Å². The maximum atomic E-state index is 14.0. The van der Waals surface area contributed by atoms with E-state index in [1.807, 2.05) is 42.5 Å². The SMILES string of the molecule is N#CC(C#N)=C1/C(=C2\c3ccccc3-c3ncccc32)C(=O)c2ccc(F)cc21. The van der Waals surface area contributed by atoms with Crippen molar-refractivity contribution in [2.24, 2.45) is 0 Å². The standard InChI is InChI=1S/C24H10FN3O/c25-14-7-8-17-19(10-14)20(13(11-26)12-27)22(24(17)29)21-15-4-1-2-5-16(15)23-18(21)6-3-9-28-23/h1-10H/b22-21-. The number of benzene rings is 2. The molecule has 29 heavy (non-hydrogen) atoms. The Kier molecular flexibility index (Phi) is 3.52. The highest BCUT2D eigenvalue weighted by molar-refractivity contribution is 6.33. The van der Waals surface area contributed by atoms with Crippen LogP contribution in [0.2, 0.25) is 0 Å². The fourth-order valence-electron chi connectivity index (χ4n) is 4.08. The number of fused-ring (bicyclic) bond motifs is 4. The molecule has 0 atom stereocenters. The summed E-state index contributed by atoms with van der Waals surface area (Å²) in [6.07, 6.45) is 1.68. The Hall–Kier alpha value is -4.35. The van der Waals surface area contributed by atoms with Crippen molar-refractivity contribution in [3.05, 3.63) is 100 Å². The zero-order valence-corrected chi connectivity index (χ0v) is 14.9. The summed E-state index contributed by atoms with van der Waals surface area (Å²) in [5.74, 6) is -0.871. The first kappa shape index (κ1) is 16.8. The Balaban J connectivity index is 1.98. The number of allylic oxidation sites excluding steroid dienone is 3. The first-order chi connectivity index (χ1) is 14.2. The predicted octanol–water partition coefficient (Wildman–Crippen LogP) is 4.70. The van der Waals surface area contributed by atoms with E-state index in [0.29, 0.717) is 5.57 Å². The van der Waals surface area contributed by atoms with Crippen LogP contribution in [0.1, 0.15) is 27.0 Å². The van der Waals surface area contributed by atoms with Gasteiger partial charge in [-0.15, -0.1) is 0 Å². The number of nitriles is 2. The second kappa shape index (κ2) is 6.09. The molecule has 2 aliphatic rings. The Morgan fingerprint density at radius 2 is 1.55 bits per heavy atom. The van der Waals surface area contributed by atoms with Crippen LogP contribution in [0.3, 0.4) is 0 Å². The van der Waals surface area contributed by atoms with E-state index < -0.39 is 5.82 Å². The molecule has 0 radical (unpaired) electrons. The van der Waals surface area contributed by atoms with Crippen molar-refractivity contribution in [2.45, 2.75) is 0 Å². The Labute approximate surface area is 165 Å². The number of rotatable bonds is 0. The highest BCUT2D eigenvalue weighted by atomic mass is 19.1. The van der Waals surface area contributed by atoms with Crippen LogP contribution < -0.4 is 0 Å². The molecule has 0 aliphatic heterocycles. The molecule has 5 heteroatoms. The van der Waals surface area contributed by atoms with Crippen molar-refractivity contribution < 1.29 is 9.18 Å². The summed E-state index contributed by atoms with van der Waals surface area (Å²) in [6.45, 7) is 0. The Morgan fingerprint density at radius 3 is 2.31 bits per heavy atom. The van der Waals surface area contributed by atoms with Gasteiger partial charge in [-0.2, -0.15) is 10.5 Å². The fraction of sp³-hybridized carbons (Fsp3) is 0. The normalized spacial score (nSPS) is 16.0. The molecule has 0 saturated heterocycles. The van der Waals surface area contributed by atoms with Gasteiger partial charge in [-0.05, 0) is 35.4 Å². The third-order valence-electron chi connectivity index (χ3n) is 5.22. The van der Waals surface area contributed by atoms with Gasteiger partial charge in [0, 0.05) is 39.6 Å². The number of aromatic nitrogens is 1. The van der Waals surface area contributed by atoms with E-state index in [1.54, 1.807) is 12.3 Å². The maximum Gasteiger partial charge on any atom is 0.194 e. The van der Waals surface area contributed by atoms with Crippen LogP contribution in [-0.4, -0.2) is 10.8 Å². The van der Waals surface area contributed by atoms with Crippen LogP contribution in [0.25, 0.3) is 22.4 Å². The molecule has 2 aromatic carbocycles. The Bertz CT molecular complexity index is 1340. The minimum absolute atomic E-state index is 0.177. The van der Waals surface area contributed by atoms with Crippen molar-refractivity contribution in [3.8, 4) is 23.4 Å². The van der Waals surface area contributed by atoms with Crippen molar-refractivity contribution in [2.75, 3.05) is 0 Å². The van der Waals surface area contributed by atoms with Gasteiger partial charge >= 0.3 is 0 Å². The molecule has 5 rings (SSSR count). The van der Waals surface area contributed by atoms with E-state index in [4.69, 9.17) is 0 Å². The highest BCUT2D eigenvalue weighted by Gasteiger charge is 2.38. The second-order valence-corrected chi connectivity index (χ2v) is 6.69. The number of pyridine rings is 1. The average Bonchev–Trinajstić information content (AvgIpc) is 3.21. The molecule has 0 saturated carbocycles. The van der Waals surface area contributed by atoms with E-state index >= 15 is 0 Å². The van der Waals surface area contributed by atoms with E-state index in [2.05, 4.69) is 4.98 Å². The molecule has 0 N–H and O–H groups in total. The lowest BCUT2D eigenvalue weighted by Gasteiger charge is -2.09. The molecule has 3 aromatic rings. The van der Waals surface area contributed by atoms with Crippen LogP contribution >= 0.6 is 0 Å². The fourth-order valence-corrected chi connectivity index (χ4v) is 4.08. The predicted molar refractivity (Wildman–Crippen MR) is 105 cm³/mol. The molecule has 0 bridgehead atoms. The first-order valence-corrected chi connectivity index (χ1v) is 8.84. The van der Waals surface area contributed by atoms with Gasteiger partial charge in [0.15, 0.2) is 5.78 Å². The molecule has 1 aromatic heterocycles. The molecule has 134 valence electrons. The molecule has 0 unspecified atom stereocenters. The minimum atomic E-state index is -0.538. The summed E-state index contributed by atoms with van der Waals surface area (Å²) < 4.78 is 14.0. The van der Waals surface area contributed by atoms with Crippen LogP contribution in [0.5, 0.6) is 0 Å². The van der Waals surface area contributed by atoms with Gasteiger partial charge < -0.3 is 0 Å². The lowest BCUT2D eigenvalue weighted by Crippen LogP contribution is -2.01. The average molecular weight is 375 g/mol. The number of hydrogen-bond donors (Lipinski definition) is 0. The summed E-state index contributed by atoms with van der Waals surface area (Å²) in [5.41, 5.74) is 4.50. The number of carbonyl (C=O) groups is 1. The molecule has 2 aliphatic carbocycles. The third-order valence-corrected chi connectivity index (χ3v) is 5.22. The summed E-state index contributed by atoms with van der Waals surface area (Å²) in [7, 11) is 0. The highest BCUT2D eigenvalue weighted by Crippen LogP contribution is 2.50. The van der Waals surface area contributed by atoms with E-state index in [1.165, 1.54) is 18.2 Å². The number of halogens is 1. The van der Waals surface area contributed by atoms with Gasteiger partial charge in [0.25, 0.3) is 0 Å². The van der Waals surface area contributed by atoms with Gasteiger partial charge in [-0.1, -0.05) is 30.3 Å².